The molecule has 0 bridgehead atoms. The number of halogens is 2. The van der Waals surface area contributed by atoms with E-state index in [0.29, 0.717) is 15.2 Å². The number of nitrogens with two attached hydrogens (primary N) is 1. The van der Waals surface area contributed by atoms with Crippen LogP contribution in [0.4, 0.5) is 24.2 Å². The summed E-state index contributed by atoms with van der Waals surface area (Å²) in [7, 11) is 3.66. The second-order valence-electron chi connectivity index (χ2n) is 8.89. The maximum absolute atomic E-state index is 14.5. The molecule has 0 aliphatic carbocycles. The van der Waals surface area contributed by atoms with Gasteiger partial charge in [0.1, 0.15) is 37.8 Å². The Morgan fingerprint density at radius 3 is 2.52 bits per heavy atom. The molecule has 42 heavy (non-hydrogen) atoms. The molecule has 2 fully saturated rings. The molecule has 0 radical (unpaired) electrons. The van der Waals surface area contributed by atoms with Crippen LogP contribution in [0.15, 0.2) is 17.1 Å². The summed E-state index contributed by atoms with van der Waals surface area (Å²) in [6.07, 6.45) is -11.3. The van der Waals surface area contributed by atoms with E-state index in [1.807, 2.05) is 0 Å². The lowest BCUT2D eigenvalue weighted by Gasteiger charge is -2.32. The van der Waals surface area contributed by atoms with Gasteiger partial charge in [-0.1, -0.05) is 21.6 Å². The van der Waals surface area contributed by atoms with E-state index < -0.39 is 73.1 Å². The molecule has 0 spiro atoms. The first-order valence-corrected chi connectivity index (χ1v) is 14.9. The highest BCUT2D eigenvalue weighted by Gasteiger charge is 2.60. The van der Waals surface area contributed by atoms with Crippen LogP contribution in [0, 0.1) is 0 Å². The predicted molar refractivity (Wildman–Crippen MR) is 140 cm³/mol. The van der Waals surface area contributed by atoms with Gasteiger partial charge in [-0.15, -0.1) is 0 Å². The van der Waals surface area contributed by atoms with Gasteiger partial charge in [0, 0.05) is 24.8 Å². The number of aromatic nitrogens is 2. The number of hydrogen-bond acceptors (Lipinski definition) is 16. The zero-order chi connectivity index (χ0) is 31.0. The number of alkyl halides is 2. The van der Waals surface area contributed by atoms with Crippen molar-refractivity contribution in [1.29, 1.82) is 0 Å². The van der Waals surface area contributed by atoms with Gasteiger partial charge in [0.2, 0.25) is 6.23 Å². The molecule has 1 aromatic rings. The van der Waals surface area contributed by atoms with E-state index in [0.717, 1.165) is 19.3 Å². The molecule has 6 atom stereocenters. The number of carbonyl (C=O) groups excluding carboxylic acids is 3. The smallest absolute Gasteiger partial charge is 0.448 e. The third kappa shape index (κ3) is 8.42. The van der Waals surface area contributed by atoms with Crippen molar-refractivity contribution in [1.82, 2.24) is 14.5 Å². The maximum Gasteiger partial charge on any atom is 0.508 e. The summed E-state index contributed by atoms with van der Waals surface area (Å²) in [6, 6.07) is 1.10. The lowest BCUT2D eigenvalue weighted by atomic mass is 10.0. The molecule has 2 aliphatic rings. The van der Waals surface area contributed by atoms with Crippen molar-refractivity contribution in [2.24, 2.45) is 0 Å². The number of rotatable bonds is 11. The van der Waals surface area contributed by atoms with Crippen LogP contribution in [-0.4, -0.2) is 129 Å². The number of carbonyl (C=O) groups is 3. The summed E-state index contributed by atoms with van der Waals surface area (Å²) in [5.74, 6) is -4.35. The second-order valence-corrected chi connectivity index (χ2v) is 11.6. The minimum Gasteiger partial charge on any atom is -0.448 e. The van der Waals surface area contributed by atoms with Crippen LogP contribution < -0.4 is 11.4 Å². The average Bonchev–Trinajstić information content (AvgIpc) is 3.17. The predicted octanol–water partition coefficient (Wildman–Crippen LogP) is -0.641. The van der Waals surface area contributed by atoms with Crippen LogP contribution in [0.3, 0.4) is 0 Å². The van der Waals surface area contributed by atoms with Crippen molar-refractivity contribution in [3.05, 3.63) is 22.7 Å². The Balaban J connectivity index is 1.27. The number of anilines is 1. The van der Waals surface area contributed by atoms with Gasteiger partial charge in [-0.3, -0.25) is 9.36 Å². The normalized spacial score (nSPS) is 26.8. The quantitative estimate of drug-likeness (QED) is 0.134. The van der Waals surface area contributed by atoms with Gasteiger partial charge in [-0.25, -0.2) is 19.3 Å². The summed E-state index contributed by atoms with van der Waals surface area (Å²) in [5.41, 5.74) is 4.23. The zero-order valence-corrected chi connectivity index (χ0v) is 23.7. The summed E-state index contributed by atoms with van der Waals surface area (Å²) in [6.45, 7) is -0.916. The number of imide groups is 1. The molecule has 5 N–H and O–H groups in total. The van der Waals surface area contributed by atoms with Gasteiger partial charge >= 0.3 is 23.9 Å². The highest BCUT2D eigenvalue weighted by molar-refractivity contribution is 8.76. The van der Waals surface area contributed by atoms with Crippen molar-refractivity contribution in [2.75, 3.05) is 50.7 Å². The molecule has 2 aliphatic heterocycles. The Morgan fingerprint density at radius 1 is 1.19 bits per heavy atom. The molecule has 1 aromatic heterocycles. The van der Waals surface area contributed by atoms with E-state index in [9.17, 15) is 43.3 Å². The Labute approximate surface area is 244 Å². The minimum atomic E-state index is -3.90. The van der Waals surface area contributed by atoms with Gasteiger partial charge in [-0.2, -0.15) is 13.8 Å². The number of amides is 2. The summed E-state index contributed by atoms with van der Waals surface area (Å²) >= 11 is 0. The molecule has 3 rings (SSSR count). The van der Waals surface area contributed by atoms with Crippen LogP contribution in [0.2, 0.25) is 0 Å². The number of nitrogen functional groups attached to an aromatic ring is 1. The van der Waals surface area contributed by atoms with Crippen LogP contribution in [0.5, 0.6) is 0 Å². The average molecular weight is 645 g/mol. The SMILES string of the molecule is CN(C(=O)OCCSSCCOC(=O)OCC1OC(n2ccc(N)nc2=O)C(F)(F)C1O)C(=O)[C@H]1OCCC(O)C1O. The number of aliphatic hydroxyl groups is 3. The van der Waals surface area contributed by atoms with E-state index in [-0.39, 0.29) is 37.8 Å². The van der Waals surface area contributed by atoms with E-state index in [2.05, 4.69) is 4.98 Å². The largest absolute Gasteiger partial charge is 0.508 e. The number of nitrogens with zero attached hydrogens (tertiary/aromatic N) is 3. The van der Waals surface area contributed by atoms with Gasteiger partial charge in [0.25, 0.3) is 5.91 Å². The monoisotopic (exact) mass is 644 g/mol. The van der Waals surface area contributed by atoms with Gasteiger partial charge < -0.3 is 44.7 Å². The van der Waals surface area contributed by atoms with Crippen molar-refractivity contribution in [2.45, 2.75) is 49.1 Å². The molecule has 16 nitrogen and oxygen atoms in total. The molecule has 5 unspecified atom stereocenters. The molecule has 236 valence electrons. The lowest BCUT2D eigenvalue weighted by Crippen LogP contribution is -2.53. The molecule has 0 aromatic carbocycles. The fourth-order valence-corrected chi connectivity index (χ4v) is 5.38. The highest BCUT2D eigenvalue weighted by Crippen LogP contribution is 2.42. The highest BCUT2D eigenvalue weighted by atomic mass is 33.1. The summed E-state index contributed by atoms with van der Waals surface area (Å²) in [5, 5.41) is 29.5. The third-order valence-electron chi connectivity index (χ3n) is 5.97. The molecular weight excluding hydrogens is 614 g/mol. The molecule has 20 heteroatoms. The van der Waals surface area contributed by atoms with Gasteiger partial charge in [-0.05, 0) is 12.5 Å². The van der Waals surface area contributed by atoms with Crippen LogP contribution in [0.1, 0.15) is 12.6 Å². The zero-order valence-electron chi connectivity index (χ0n) is 22.1. The van der Waals surface area contributed by atoms with Gasteiger partial charge in [0.05, 0.1) is 12.7 Å². The summed E-state index contributed by atoms with van der Waals surface area (Å²) < 4.78 is 54.3. The summed E-state index contributed by atoms with van der Waals surface area (Å²) in [4.78, 5) is 52.1. The van der Waals surface area contributed by atoms with Crippen molar-refractivity contribution < 1.29 is 62.2 Å². The van der Waals surface area contributed by atoms with E-state index in [1.54, 1.807) is 0 Å². The van der Waals surface area contributed by atoms with Crippen LogP contribution in [0.25, 0.3) is 0 Å². The first-order valence-electron chi connectivity index (χ1n) is 12.4. The molecular formula is C22H30F2N4O12S2. The fourth-order valence-electron chi connectivity index (χ4n) is 3.72. The van der Waals surface area contributed by atoms with E-state index in [4.69, 9.17) is 29.4 Å². The Bertz CT molecular complexity index is 1160. The van der Waals surface area contributed by atoms with Gasteiger partial charge in [0.15, 0.2) is 12.2 Å². The third-order valence-corrected chi connectivity index (χ3v) is 8.31. The maximum atomic E-state index is 14.5. The topological polar surface area (TPSA) is 222 Å². The standard InChI is InChI=1S/C22H30F2N4O12S2/c1-27(17(32)15-14(30)11(29)3-5-36-15)20(34)37-6-8-41-42-9-7-38-21(35)39-10-12-16(31)22(23,24)18(40-12)28-4-2-13(25)26-19(28)33/h2,4,11-12,14-16,18,29-31H,3,5-10H2,1H3,(H2,25,26,33)/t11?,12?,14?,15-,16?,18?/m0/s1. The molecule has 2 amide bonds. The molecule has 3 heterocycles. The molecule has 2 saturated heterocycles. The van der Waals surface area contributed by atoms with E-state index in [1.165, 1.54) is 21.6 Å². The Morgan fingerprint density at radius 2 is 1.86 bits per heavy atom. The van der Waals surface area contributed by atoms with Crippen LogP contribution in [-0.2, 0) is 28.5 Å². The lowest BCUT2D eigenvalue weighted by molar-refractivity contribution is -0.169. The number of likely N-dealkylation sites (N-methyl/N-ethyl adjacent to an activating group) is 1. The minimum absolute atomic E-state index is 0.0526. The number of aliphatic hydroxyl groups excluding tert-OH is 3. The Kier molecular flexibility index (Phi) is 12.1. The fraction of sp³-hybridized carbons (Fsp3) is 0.682. The van der Waals surface area contributed by atoms with Crippen molar-refractivity contribution in [3.63, 3.8) is 0 Å². The van der Waals surface area contributed by atoms with E-state index >= 15 is 0 Å². The number of ether oxygens (including phenoxy) is 5. The van der Waals surface area contributed by atoms with Crippen molar-refractivity contribution in [3.8, 4) is 0 Å². The first-order chi connectivity index (χ1) is 19.8. The van der Waals surface area contributed by atoms with Crippen molar-refractivity contribution >= 4 is 45.6 Å². The van der Waals surface area contributed by atoms with Crippen LogP contribution >= 0.6 is 21.6 Å². The first kappa shape index (κ1) is 33.7. The second kappa shape index (κ2) is 15.1. The molecule has 0 saturated carbocycles. The number of hydrogen-bond donors (Lipinski definition) is 4. The Hall–Kier alpha value is -2.75.